The second-order valence-corrected chi connectivity index (χ2v) is 5.89. The normalized spacial score (nSPS) is 12.4. The number of carbonyl (C=O) groups excluding carboxylic acids is 1. The van der Waals surface area contributed by atoms with Crippen molar-refractivity contribution < 1.29 is 36.7 Å². The number of hydrogen-bond acceptors (Lipinski definition) is 3. The molecule has 0 aliphatic heterocycles. The van der Waals surface area contributed by atoms with Gasteiger partial charge in [0, 0.05) is 5.69 Å². The van der Waals surface area contributed by atoms with Crippen molar-refractivity contribution in [2.24, 2.45) is 0 Å². The van der Waals surface area contributed by atoms with Crippen LogP contribution in [0.25, 0.3) is 0 Å². The van der Waals surface area contributed by atoms with Gasteiger partial charge in [0.15, 0.2) is 6.54 Å². The first-order valence-corrected chi connectivity index (χ1v) is 7.95. The van der Waals surface area contributed by atoms with E-state index in [0.717, 1.165) is 17.0 Å². The molecule has 2 rings (SSSR count). The Morgan fingerprint density at radius 2 is 1.81 bits per heavy atom. The topological polar surface area (TPSA) is 52.0 Å². The molecule has 2 aromatic carbocycles. The zero-order valence-electron chi connectivity index (χ0n) is 14.7. The highest BCUT2D eigenvalue weighted by atomic mass is 19.4. The van der Waals surface area contributed by atoms with Crippen molar-refractivity contribution in [2.75, 3.05) is 26.0 Å². The predicted molar refractivity (Wildman–Crippen MR) is 90.2 cm³/mol. The fourth-order valence-electron chi connectivity index (χ4n) is 2.49. The van der Waals surface area contributed by atoms with Crippen LogP contribution in [0.3, 0.4) is 0 Å². The number of halogens is 4. The molecule has 0 saturated heterocycles. The molecule has 1 atom stereocenters. The minimum atomic E-state index is -4.77. The molecule has 9 heteroatoms. The zero-order valence-corrected chi connectivity index (χ0v) is 14.7. The van der Waals surface area contributed by atoms with Gasteiger partial charge in [0.1, 0.15) is 23.9 Å². The van der Waals surface area contributed by atoms with Crippen LogP contribution < -0.4 is 19.7 Å². The summed E-state index contributed by atoms with van der Waals surface area (Å²) in [6, 6.07) is 8.99. The zero-order chi connectivity index (χ0) is 20.0. The molecule has 146 valence electrons. The van der Waals surface area contributed by atoms with Crippen LogP contribution in [-0.4, -0.2) is 33.0 Å². The highest BCUT2D eigenvalue weighted by Crippen LogP contribution is 2.24. The molecule has 2 aromatic rings. The van der Waals surface area contributed by atoms with Crippen molar-refractivity contribution in [3.8, 4) is 11.5 Å². The molecular weight excluding hydrogens is 368 g/mol. The van der Waals surface area contributed by atoms with Crippen molar-refractivity contribution in [3.05, 3.63) is 53.8 Å². The lowest BCUT2D eigenvalue weighted by Crippen LogP contribution is -3.08. The van der Waals surface area contributed by atoms with E-state index in [0.29, 0.717) is 23.5 Å². The number of nitrogens with one attached hydrogen (secondary N) is 2. The molecule has 0 aliphatic rings. The summed E-state index contributed by atoms with van der Waals surface area (Å²) in [5, 5.41) is 2.59. The Balaban J connectivity index is 1.90. The highest BCUT2D eigenvalue weighted by Gasteiger charge is 2.31. The Bertz CT molecular complexity index is 779. The number of quaternary nitrogens is 1. The van der Waals surface area contributed by atoms with Crippen LogP contribution >= 0.6 is 0 Å². The Morgan fingerprint density at radius 1 is 1.15 bits per heavy atom. The fraction of sp³-hybridized carbons (Fsp3) is 0.278. The van der Waals surface area contributed by atoms with Crippen LogP contribution in [0.4, 0.5) is 23.2 Å². The maximum Gasteiger partial charge on any atom is 0.573 e. The summed E-state index contributed by atoms with van der Waals surface area (Å²) in [5.41, 5.74) is 0.960. The lowest BCUT2D eigenvalue weighted by molar-refractivity contribution is -0.885. The van der Waals surface area contributed by atoms with E-state index < -0.39 is 12.2 Å². The molecule has 27 heavy (non-hydrogen) atoms. The Hall–Kier alpha value is -2.81. The molecule has 1 amide bonds. The van der Waals surface area contributed by atoms with Crippen LogP contribution in [0.5, 0.6) is 11.5 Å². The number of likely N-dealkylation sites (N-methyl/N-ethyl adjacent to an activating group) is 1. The first kappa shape index (κ1) is 20.5. The lowest BCUT2D eigenvalue weighted by atomic mass is 10.2. The second-order valence-electron chi connectivity index (χ2n) is 5.89. The molecule has 0 aliphatic carbocycles. The number of amides is 1. The summed E-state index contributed by atoms with van der Waals surface area (Å²) in [6.45, 7) is 0.424. The summed E-state index contributed by atoms with van der Waals surface area (Å²) < 4.78 is 58.7. The van der Waals surface area contributed by atoms with Gasteiger partial charge in [0.2, 0.25) is 0 Å². The number of rotatable bonds is 7. The third-order valence-electron chi connectivity index (χ3n) is 3.57. The standard InChI is InChI=1S/C18H18F4N2O3/c1-24(10-12-9-13(19)3-8-16(12)26-2)11-17(25)23-14-4-6-15(7-5-14)27-18(20,21)22/h3-9H,10-11H2,1-2H3,(H,23,25)/p+1. The number of alkyl halides is 3. The number of carbonyl (C=O) groups is 1. The molecule has 1 unspecified atom stereocenters. The maximum absolute atomic E-state index is 13.4. The maximum atomic E-state index is 13.4. The van der Waals surface area contributed by atoms with E-state index in [2.05, 4.69) is 10.1 Å². The summed E-state index contributed by atoms with van der Waals surface area (Å²) in [7, 11) is 3.23. The van der Waals surface area contributed by atoms with E-state index >= 15 is 0 Å². The molecule has 0 radical (unpaired) electrons. The minimum absolute atomic E-state index is 0.0699. The summed E-state index contributed by atoms with van der Waals surface area (Å²) >= 11 is 0. The quantitative estimate of drug-likeness (QED) is 0.718. The van der Waals surface area contributed by atoms with Gasteiger partial charge < -0.3 is 19.7 Å². The molecule has 0 saturated carbocycles. The first-order chi connectivity index (χ1) is 12.7. The predicted octanol–water partition coefficient (Wildman–Crippen LogP) is 2.39. The fourth-order valence-corrected chi connectivity index (χ4v) is 2.49. The molecule has 0 bridgehead atoms. The van der Waals surface area contributed by atoms with Gasteiger partial charge in [-0.25, -0.2) is 4.39 Å². The molecular formula is C18H19F4N2O3+. The summed E-state index contributed by atoms with van der Waals surface area (Å²) in [6.07, 6.45) is -4.77. The molecule has 0 fully saturated rings. The van der Waals surface area contributed by atoms with Crippen molar-refractivity contribution in [3.63, 3.8) is 0 Å². The molecule has 0 aromatic heterocycles. The van der Waals surface area contributed by atoms with E-state index in [4.69, 9.17) is 4.74 Å². The van der Waals surface area contributed by atoms with Gasteiger partial charge in [-0.05, 0) is 42.5 Å². The SMILES string of the molecule is COc1ccc(F)cc1C[NH+](C)CC(=O)Nc1ccc(OC(F)(F)F)cc1. The van der Waals surface area contributed by atoms with E-state index in [1.807, 2.05) is 0 Å². The molecule has 0 spiro atoms. The van der Waals surface area contributed by atoms with E-state index in [-0.39, 0.29) is 18.2 Å². The number of ether oxygens (including phenoxy) is 2. The third kappa shape index (κ3) is 6.78. The number of methoxy groups -OCH3 is 1. The van der Waals surface area contributed by atoms with Gasteiger partial charge in [0.25, 0.3) is 5.91 Å². The first-order valence-electron chi connectivity index (χ1n) is 7.95. The van der Waals surface area contributed by atoms with Crippen molar-refractivity contribution >= 4 is 11.6 Å². The summed E-state index contributed by atoms with van der Waals surface area (Å²) in [5.74, 6) is -0.588. The largest absolute Gasteiger partial charge is 0.573 e. The molecule has 0 heterocycles. The second kappa shape index (κ2) is 8.72. The van der Waals surface area contributed by atoms with Crippen molar-refractivity contribution in [1.82, 2.24) is 0 Å². The monoisotopic (exact) mass is 387 g/mol. The summed E-state index contributed by atoms with van der Waals surface area (Å²) in [4.78, 5) is 12.9. The van der Waals surface area contributed by atoms with Gasteiger partial charge in [-0.15, -0.1) is 13.2 Å². The average Bonchev–Trinajstić information content (AvgIpc) is 2.55. The van der Waals surface area contributed by atoms with Crippen LogP contribution in [-0.2, 0) is 11.3 Å². The highest BCUT2D eigenvalue weighted by molar-refractivity contribution is 5.91. The Kier molecular flexibility index (Phi) is 6.62. The molecule has 2 N–H and O–H groups in total. The average molecular weight is 387 g/mol. The Labute approximate surface area is 153 Å². The number of hydrogen-bond donors (Lipinski definition) is 2. The Morgan fingerprint density at radius 3 is 2.41 bits per heavy atom. The lowest BCUT2D eigenvalue weighted by Gasteiger charge is -2.16. The van der Waals surface area contributed by atoms with E-state index in [9.17, 15) is 22.4 Å². The van der Waals surface area contributed by atoms with Gasteiger partial charge in [0.05, 0.1) is 19.7 Å². The third-order valence-corrected chi connectivity index (χ3v) is 3.57. The minimum Gasteiger partial charge on any atom is -0.496 e. The van der Waals surface area contributed by atoms with E-state index in [1.54, 1.807) is 7.05 Å². The number of anilines is 1. The van der Waals surface area contributed by atoms with Crippen LogP contribution in [0, 0.1) is 5.82 Å². The number of benzene rings is 2. The molecule has 5 nitrogen and oxygen atoms in total. The van der Waals surface area contributed by atoms with Crippen LogP contribution in [0.2, 0.25) is 0 Å². The van der Waals surface area contributed by atoms with Crippen LogP contribution in [0.1, 0.15) is 5.56 Å². The van der Waals surface area contributed by atoms with Crippen molar-refractivity contribution in [1.29, 1.82) is 0 Å². The van der Waals surface area contributed by atoms with Gasteiger partial charge >= 0.3 is 6.36 Å². The van der Waals surface area contributed by atoms with E-state index in [1.165, 1.54) is 37.4 Å². The van der Waals surface area contributed by atoms with Gasteiger partial charge in [-0.1, -0.05) is 0 Å². The smallest absolute Gasteiger partial charge is 0.496 e. The van der Waals surface area contributed by atoms with Crippen molar-refractivity contribution in [2.45, 2.75) is 12.9 Å². The van der Waals surface area contributed by atoms with Crippen LogP contribution in [0.15, 0.2) is 42.5 Å². The van der Waals surface area contributed by atoms with Gasteiger partial charge in [-0.3, -0.25) is 4.79 Å². The van der Waals surface area contributed by atoms with Gasteiger partial charge in [-0.2, -0.15) is 0 Å².